The predicted molar refractivity (Wildman–Crippen MR) is 46.3 cm³/mol. The van der Waals surface area contributed by atoms with Gasteiger partial charge in [0.2, 0.25) is 0 Å². The van der Waals surface area contributed by atoms with Gasteiger partial charge in [0.15, 0.2) is 6.61 Å². The summed E-state index contributed by atoms with van der Waals surface area (Å²) in [6.45, 7) is 2.49. The van der Waals surface area contributed by atoms with Gasteiger partial charge in [0.1, 0.15) is 11.5 Å². The molecule has 1 aromatic carbocycles. The molecule has 3 nitrogen and oxygen atoms in total. The molecular weight excluding hydrogens is 154 g/mol. The number of phenolic OH excluding ortho intramolecular Hbond substituents is 1. The lowest BCUT2D eigenvalue weighted by Crippen LogP contribution is -2.25. The first-order valence-electron chi connectivity index (χ1n) is 3.80. The first kappa shape index (κ1) is 7.28. The molecule has 1 aliphatic heterocycles. The summed E-state index contributed by atoms with van der Waals surface area (Å²) in [6, 6.07) is 5.11. The number of aromatic hydroxyl groups is 1. The lowest BCUT2D eigenvalue weighted by molar-refractivity contribution is 0.383. The Bertz CT molecular complexity index is 299. The van der Waals surface area contributed by atoms with Crippen molar-refractivity contribution in [1.29, 1.82) is 0 Å². The summed E-state index contributed by atoms with van der Waals surface area (Å²) in [5, 5.41) is 9.16. The molecule has 0 amide bonds. The fraction of sp³-hybridized carbons (Fsp3) is 0.222. The highest BCUT2D eigenvalue weighted by molar-refractivity contribution is 5.62. The van der Waals surface area contributed by atoms with Gasteiger partial charge >= 0.3 is 0 Å². The van der Waals surface area contributed by atoms with E-state index in [2.05, 4.69) is 4.90 Å². The van der Waals surface area contributed by atoms with Gasteiger partial charge in [-0.25, -0.2) is 0 Å². The van der Waals surface area contributed by atoms with Crippen molar-refractivity contribution >= 4 is 5.69 Å². The van der Waals surface area contributed by atoms with Crippen LogP contribution in [0.25, 0.3) is 0 Å². The predicted octanol–water partition coefficient (Wildman–Crippen LogP) is 1.38. The minimum atomic E-state index is 0.234. The smallest absolute Gasteiger partial charge is 0.155 e. The van der Waals surface area contributed by atoms with E-state index in [-0.39, 0.29) is 5.75 Å². The Kier molecular flexibility index (Phi) is 1.57. The van der Waals surface area contributed by atoms with Gasteiger partial charge in [-0.2, -0.15) is 0 Å². The molecule has 1 N–H and O–H groups in total. The summed E-state index contributed by atoms with van der Waals surface area (Å²) >= 11 is 0. The second kappa shape index (κ2) is 2.59. The van der Waals surface area contributed by atoms with Gasteiger partial charge in [-0.3, -0.25) is 0 Å². The van der Waals surface area contributed by atoms with E-state index in [1.807, 2.05) is 13.1 Å². The molecule has 12 heavy (non-hydrogen) atoms. The maximum atomic E-state index is 9.16. The molecule has 1 aliphatic rings. The summed E-state index contributed by atoms with van der Waals surface area (Å²) in [5.41, 5.74) is 1.01. The van der Waals surface area contributed by atoms with Gasteiger partial charge < -0.3 is 14.7 Å². The van der Waals surface area contributed by atoms with Gasteiger partial charge in [-0.05, 0) is 12.1 Å². The Balaban J connectivity index is 2.46. The van der Waals surface area contributed by atoms with E-state index in [1.165, 1.54) is 0 Å². The largest absolute Gasteiger partial charge is 0.508 e. The summed E-state index contributed by atoms with van der Waals surface area (Å²) in [7, 11) is 1.98. The van der Waals surface area contributed by atoms with Crippen LogP contribution in [-0.4, -0.2) is 18.7 Å². The lowest BCUT2D eigenvalue weighted by atomic mass is 10.2. The zero-order valence-corrected chi connectivity index (χ0v) is 6.82. The maximum absolute atomic E-state index is 9.16. The number of nitrogens with zero attached hydrogens (tertiary/aromatic N) is 1. The number of likely N-dealkylation sites (N-methyl/N-ethyl adjacent to an activating group) is 1. The van der Waals surface area contributed by atoms with E-state index in [0.29, 0.717) is 5.75 Å². The van der Waals surface area contributed by atoms with Gasteiger partial charge in [-0.1, -0.05) is 0 Å². The molecule has 0 atom stereocenters. The topological polar surface area (TPSA) is 32.7 Å². The van der Waals surface area contributed by atoms with E-state index in [9.17, 15) is 0 Å². The molecule has 3 heteroatoms. The Morgan fingerprint density at radius 1 is 1.50 bits per heavy atom. The van der Waals surface area contributed by atoms with Crippen LogP contribution >= 0.6 is 0 Å². The number of ether oxygens (including phenoxy) is 1. The van der Waals surface area contributed by atoms with E-state index in [4.69, 9.17) is 9.84 Å². The van der Waals surface area contributed by atoms with E-state index < -0.39 is 0 Å². The standard InChI is InChI=1S/C9H10NO2/c1-10-4-5-12-9-6-7(11)2-3-8(9)10/h2-3,5-6,11H,4H2,1H3. The van der Waals surface area contributed by atoms with Gasteiger partial charge in [-0.15, -0.1) is 0 Å². The van der Waals surface area contributed by atoms with Crippen molar-refractivity contribution in [2.75, 3.05) is 18.5 Å². The Labute approximate surface area is 71.2 Å². The fourth-order valence-electron chi connectivity index (χ4n) is 1.25. The average Bonchev–Trinajstić information content (AvgIpc) is 2.04. The van der Waals surface area contributed by atoms with Crippen LogP contribution in [-0.2, 0) is 0 Å². The minimum Gasteiger partial charge on any atom is -0.508 e. The third-order valence-corrected chi connectivity index (χ3v) is 1.91. The average molecular weight is 164 g/mol. The Morgan fingerprint density at radius 3 is 3.17 bits per heavy atom. The third-order valence-electron chi connectivity index (χ3n) is 1.91. The number of rotatable bonds is 0. The number of benzene rings is 1. The molecule has 0 bridgehead atoms. The zero-order chi connectivity index (χ0) is 8.55. The molecule has 0 spiro atoms. The number of hydrogen-bond acceptors (Lipinski definition) is 3. The monoisotopic (exact) mass is 164 g/mol. The summed E-state index contributed by atoms with van der Waals surface area (Å²) < 4.78 is 5.25. The third kappa shape index (κ3) is 1.07. The second-order valence-corrected chi connectivity index (χ2v) is 2.82. The summed E-state index contributed by atoms with van der Waals surface area (Å²) in [6.07, 6.45) is 0. The highest BCUT2D eigenvalue weighted by atomic mass is 16.5. The fourth-order valence-corrected chi connectivity index (χ4v) is 1.25. The van der Waals surface area contributed by atoms with Crippen LogP contribution in [0.15, 0.2) is 18.2 Å². The van der Waals surface area contributed by atoms with Crippen molar-refractivity contribution < 1.29 is 9.84 Å². The summed E-state index contributed by atoms with van der Waals surface area (Å²) in [4.78, 5) is 2.05. The van der Waals surface area contributed by atoms with Crippen molar-refractivity contribution in [3.63, 3.8) is 0 Å². The van der Waals surface area contributed by atoms with E-state index >= 15 is 0 Å². The SMILES string of the molecule is CN1C[CH]Oc2cc(O)ccc21. The molecule has 0 unspecified atom stereocenters. The number of phenols is 1. The molecule has 1 radical (unpaired) electrons. The van der Waals surface area contributed by atoms with Crippen molar-refractivity contribution in [1.82, 2.24) is 0 Å². The normalized spacial score (nSPS) is 15.2. The van der Waals surface area contributed by atoms with Crippen molar-refractivity contribution in [2.45, 2.75) is 0 Å². The Hall–Kier alpha value is -1.38. The van der Waals surface area contributed by atoms with Crippen molar-refractivity contribution in [3.05, 3.63) is 24.8 Å². The van der Waals surface area contributed by atoms with Crippen LogP contribution in [0.1, 0.15) is 0 Å². The maximum Gasteiger partial charge on any atom is 0.155 e. The number of anilines is 1. The van der Waals surface area contributed by atoms with Crippen molar-refractivity contribution in [3.8, 4) is 11.5 Å². The molecule has 1 heterocycles. The highest BCUT2D eigenvalue weighted by Gasteiger charge is 2.14. The molecular formula is C9H10NO2. The van der Waals surface area contributed by atoms with Crippen LogP contribution in [0.5, 0.6) is 11.5 Å². The molecule has 2 rings (SSSR count). The van der Waals surface area contributed by atoms with Gasteiger partial charge in [0.25, 0.3) is 0 Å². The number of hydrogen-bond donors (Lipinski definition) is 1. The van der Waals surface area contributed by atoms with E-state index in [1.54, 1.807) is 18.7 Å². The van der Waals surface area contributed by atoms with Crippen LogP contribution in [0, 0.1) is 6.61 Å². The van der Waals surface area contributed by atoms with Gasteiger partial charge in [0.05, 0.1) is 12.2 Å². The van der Waals surface area contributed by atoms with Crippen LogP contribution in [0.2, 0.25) is 0 Å². The van der Waals surface area contributed by atoms with Gasteiger partial charge in [0, 0.05) is 13.1 Å². The second-order valence-electron chi connectivity index (χ2n) is 2.82. The van der Waals surface area contributed by atoms with Crippen LogP contribution < -0.4 is 9.64 Å². The zero-order valence-electron chi connectivity index (χ0n) is 6.82. The first-order chi connectivity index (χ1) is 5.77. The van der Waals surface area contributed by atoms with E-state index in [0.717, 1.165) is 12.2 Å². The van der Waals surface area contributed by atoms with Crippen LogP contribution in [0.4, 0.5) is 5.69 Å². The van der Waals surface area contributed by atoms with Crippen molar-refractivity contribution in [2.24, 2.45) is 0 Å². The van der Waals surface area contributed by atoms with Crippen LogP contribution in [0.3, 0.4) is 0 Å². The molecule has 0 aliphatic carbocycles. The molecule has 0 saturated heterocycles. The summed E-state index contributed by atoms with van der Waals surface area (Å²) in [5.74, 6) is 0.946. The highest BCUT2D eigenvalue weighted by Crippen LogP contribution is 2.34. The first-order valence-corrected chi connectivity index (χ1v) is 3.80. The Morgan fingerprint density at radius 2 is 2.33 bits per heavy atom. The molecule has 0 aromatic heterocycles. The molecule has 0 saturated carbocycles. The quantitative estimate of drug-likeness (QED) is 0.628. The lowest BCUT2D eigenvalue weighted by Gasteiger charge is -2.26. The molecule has 63 valence electrons. The number of fused-ring (bicyclic) bond motifs is 1. The molecule has 1 aromatic rings. The minimum absolute atomic E-state index is 0.234. The molecule has 0 fully saturated rings.